The summed E-state index contributed by atoms with van der Waals surface area (Å²) in [6.45, 7) is 7.38. The molecule has 2 atom stereocenters. The molecule has 5 nitrogen and oxygen atoms in total. The van der Waals surface area contributed by atoms with Gasteiger partial charge < -0.3 is 15.8 Å². The highest BCUT2D eigenvalue weighted by Gasteiger charge is 2.27. The third-order valence-corrected chi connectivity index (χ3v) is 2.44. The molecule has 0 aromatic rings. The molecule has 0 aliphatic rings. The lowest BCUT2D eigenvalue weighted by Crippen LogP contribution is -2.52. The molecule has 0 aliphatic carbocycles. The number of nitrogens with one attached hydrogen (secondary N) is 1. The summed E-state index contributed by atoms with van der Waals surface area (Å²) in [5.74, 6) is -0.764. The molecule has 0 aliphatic heterocycles. The van der Waals surface area contributed by atoms with Crippen LogP contribution < -0.4 is 11.1 Å². The van der Waals surface area contributed by atoms with Gasteiger partial charge in [-0.15, -0.1) is 0 Å². The fourth-order valence-corrected chi connectivity index (χ4v) is 1.18. The van der Waals surface area contributed by atoms with E-state index in [1.807, 2.05) is 27.7 Å². The van der Waals surface area contributed by atoms with Gasteiger partial charge in [-0.2, -0.15) is 0 Å². The van der Waals surface area contributed by atoms with E-state index in [1.54, 1.807) is 0 Å². The minimum absolute atomic E-state index is 0.0317. The van der Waals surface area contributed by atoms with Crippen molar-refractivity contribution in [1.82, 2.24) is 5.32 Å². The van der Waals surface area contributed by atoms with E-state index in [2.05, 4.69) is 10.1 Å². The fourth-order valence-electron chi connectivity index (χ4n) is 1.18. The summed E-state index contributed by atoms with van der Waals surface area (Å²) in [5, 5.41) is 2.61. The smallest absolute Gasteiger partial charge is 0.328 e. The number of ether oxygens (including phenoxy) is 1. The lowest BCUT2D eigenvalue weighted by molar-refractivity contribution is -0.146. The molecule has 0 radical (unpaired) electrons. The highest BCUT2D eigenvalue weighted by atomic mass is 16.5. The minimum atomic E-state index is -0.637. The van der Waals surface area contributed by atoms with Crippen molar-refractivity contribution in [3.05, 3.63) is 0 Å². The predicted octanol–water partition coefficient (Wildman–Crippen LogP) is 0.284. The van der Waals surface area contributed by atoms with Crippen LogP contribution in [0, 0.1) is 11.8 Å². The first-order valence-corrected chi connectivity index (χ1v) is 5.45. The maximum Gasteiger partial charge on any atom is 0.328 e. The fraction of sp³-hybridized carbons (Fsp3) is 0.818. The third-order valence-electron chi connectivity index (χ3n) is 2.44. The van der Waals surface area contributed by atoms with Crippen LogP contribution in [0.1, 0.15) is 27.7 Å². The second-order valence-electron chi connectivity index (χ2n) is 4.52. The van der Waals surface area contributed by atoms with E-state index in [4.69, 9.17) is 5.73 Å². The Morgan fingerprint density at radius 3 is 1.94 bits per heavy atom. The average molecular weight is 230 g/mol. The van der Waals surface area contributed by atoms with Gasteiger partial charge in [-0.25, -0.2) is 4.79 Å². The second-order valence-corrected chi connectivity index (χ2v) is 4.52. The summed E-state index contributed by atoms with van der Waals surface area (Å²) in [6, 6.07) is -1.24. The Bertz CT molecular complexity index is 252. The molecule has 1 unspecified atom stereocenters. The van der Waals surface area contributed by atoms with Gasteiger partial charge in [0, 0.05) is 0 Å². The Kier molecular flexibility index (Phi) is 6.03. The Labute approximate surface area is 96.7 Å². The molecule has 0 saturated heterocycles. The largest absolute Gasteiger partial charge is 0.467 e. The summed E-state index contributed by atoms with van der Waals surface area (Å²) in [4.78, 5) is 23.1. The Morgan fingerprint density at radius 1 is 1.12 bits per heavy atom. The first-order chi connectivity index (χ1) is 7.31. The lowest BCUT2D eigenvalue weighted by Gasteiger charge is -2.23. The van der Waals surface area contributed by atoms with Crippen molar-refractivity contribution in [3.8, 4) is 0 Å². The number of carbonyl (C=O) groups excluding carboxylic acids is 2. The number of amides is 1. The minimum Gasteiger partial charge on any atom is -0.467 e. The number of nitrogens with two attached hydrogens (primary N) is 1. The topological polar surface area (TPSA) is 81.4 Å². The summed E-state index contributed by atoms with van der Waals surface area (Å²) >= 11 is 0. The van der Waals surface area contributed by atoms with E-state index in [-0.39, 0.29) is 17.7 Å². The van der Waals surface area contributed by atoms with Gasteiger partial charge in [0.05, 0.1) is 13.2 Å². The van der Waals surface area contributed by atoms with Gasteiger partial charge in [0.1, 0.15) is 6.04 Å². The molecule has 0 saturated carbocycles. The van der Waals surface area contributed by atoms with Crippen LogP contribution in [0.4, 0.5) is 0 Å². The first kappa shape index (κ1) is 14.9. The van der Waals surface area contributed by atoms with E-state index >= 15 is 0 Å². The number of rotatable bonds is 5. The first-order valence-electron chi connectivity index (χ1n) is 5.45. The van der Waals surface area contributed by atoms with E-state index in [0.717, 1.165) is 0 Å². The Balaban J connectivity index is 4.53. The number of esters is 1. The van der Waals surface area contributed by atoms with Crippen molar-refractivity contribution in [3.63, 3.8) is 0 Å². The molecule has 5 heteroatoms. The zero-order chi connectivity index (χ0) is 12.9. The van der Waals surface area contributed by atoms with Crippen LogP contribution in [0.3, 0.4) is 0 Å². The molecule has 0 rings (SSSR count). The second kappa shape index (κ2) is 6.48. The van der Waals surface area contributed by atoms with Crippen molar-refractivity contribution < 1.29 is 14.3 Å². The van der Waals surface area contributed by atoms with Crippen molar-refractivity contribution in [1.29, 1.82) is 0 Å². The molecule has 0 fully saturated rings. The molecule has 94 valence electrons. The highest BCUT2D eigenvalue weighted by molar-refractivity contribution is 5.87. The summed E-state index contributed by atoms with van der Waals surface area (Å²) in [5.41, 5.74) is 5.69. The molecule has 16 heavy (non-hydrogen) atoms. The molecular formula is C11H22N2O3. The maximum atomic E-state index is 11.7. The van der Waals surface area contributed by atoms with Gasteiger partial charge in [-0.05, 0) is 11.8 Å². The van der Waals surface area contributed by atoms with Crippen LogP contribution in [0.2, 0.25) is 0 Å². The number of hydrogen-bond donors (Lipinski definition) is 2. The van der Waals surface area contributed by atoms with Crippen LogP contribution >= 0.6 is 0 Å². The maximum absolute atomic E-state index is 11.7. The Morgan fingerprint density at radius 2 is 1.62 bits per heavy atom. The number of carbonyl (C=O) groups is 2. The Hall–Kier alpha value is -1.10. The molecule has 0 bridgehead atoms. The SMILES string of the molecule is COC(=O)C(NC(=O)[C@H](N)C(C)C)C(C)C. The zero-order valence-electron chi connectivity index (χ0n) is 10.6. The van der Waals surface area contributed by atoms with Gasteiger partial charge in [0.25, 0.3) is 0 Å². The number of hydrogen-bond acceptors (Lipinski definition) is 4. The highest BCUT2D eigenvalue weighted by Crippen LogP contribution is 2.05. The van der Waals surface area contributed by atoms with Gasteiger partial charge in [0.2, 0.25) is 5.91 Å². The van der Waals surface area contributed by atoms with Crippen LogP contribution in [0.5, 0.6) is 0 Å². The molecule has 1 amide bonds. The average Bonchev–Trinajstić information content (AvgIpc) is 2.22. The van der Waals surface area contributed by atoms with E-state index in [9.17, 15) is 9.59 Å². The molecule has 0 heterocycles. The van der Waals surface area contributed by atoms with Gasteiger partial charge in [-0.3, -0.25) is 4.79 Å². The standard InChI is InChI=1S/C11H22N2O3/c1-6(2)8(12)10(14)13-9(7(3)4)11(15)16-5/h6-9H,12H2,1-5H3,(H,13,14)/t8-,9?/m1/s1. The molecule has 0 aromatic heterocycles. The van der Waals surface area contributed by atoms with Crippen LogP contribution in [0.15, 0.2) is 0 Å². The number of methoxy groups -OCH3 is 1. The van der Waals surface area contributed by atoms with Crippen molar-refractivity contribution in [2.75, 3.05) is 7.11 Å². The molecular weight excluding hydrogens is 208 g/mol. The monoisotopic (exact) mass is 230 g/mol. The predicted molar refractivity (Wildman–Crippen MR) is 61.6 cm³/mol. The lowest BCUT2D eigenvalue weighted by atomic mass is 10.0. The summed E-state index contributed by atoms with van der Waals surface area (Å²) < 4.78 is 4.62. The van der Waals surface area contributed by atoms with Crippen molar-refractivity contribution in [2.45, 2.75) is 39.8 Å². The van der Waals surface area contributed by atoms with Crippen LogP contribution in [-0.4, -0.2) is 31.1 Å². The summed E-state index contributed by atoms with van der Waals surface area (Å²) in [6.07, 6.45) is 0. The zero-order valence-corrected chi connectivity index (χ0v) is 10.6. The van der Waals surface area contributed by atoms with E-state index < -0.39 is 18.1 Å². The van der Waals surface area contributed by atoms with Crippen LogP contribution in [-0.2, 0) is 14.3 Å². The van der Waals surface area contributed by atoms with E-state index in [0.29, 0.717) is 0 Å². The molecule has 0 spiro atoms. The normalized spacial score (nSPS) is 14.8. The molecule has 0 aromatic carbocycles. The summed E-state index contributed by atoms with van der Waals surface area (Å²) in [7, 11) is 1.30. The van der Waals surface area contributed by atoms with Gasteiger partial charge in [0.15, 0.2) is 0 Å². The van der Waals surface area contributed by atoms with Gasteiger partial charge in [-0.1, -0.05) is 27.7 Å². The quantitative estimate of drug-likeness (QED) is 0.665. The van der Waals surface area contributed by atoms with Gasteiger partial charge >= 0.3 is 5.97 Å². The van der Waals surface area contributed by atoms with Crippen molar-refractivity contribution >= 4 is 11.9 Å². The van der Waals surface area contributed by atoms with E-state index in [1.165, 1.54) is 7.11 Å². The molecule has 3 N–H and O–H groups in total. The van der Waals surface area contributed by atoms with Crippen molar-refractivity contribution in [2.24, 2.45) is 17.6 Å². The third kappa shape index (κ3) is 4.18. The van der Waals surface area contributed by atoms with Crippen LogP contribution in [0.25, 0.3) is 0 Å².